The summed E-state index contributed by atoms with van der Waals surface area (Å²) in [6.45, 7) is 5.01. The van der Waals surface area contributed by atoms with Crippen LogP contribution in [0.1, 0.15) is 65.2 Å². The summed E-state index contributed by atoms with van der Waals surface area (Å²) in [5.41, 5.74) is 5.36. The summed E-state index contributed by atoms with van der Waals surface area (Å²) in [6, 6.07) is 0.212. The molecule has 1 aromatic rings. The molecule has 1 aliphatic carbocycles. The van der Waals surface area contributed by atoms with Crippen LogP contribution < -0.4 is 27.2 Å². The number of nitrogen functional groups attached to an aromatic ring is 1. The van der Waals surface area contributed by atoms with Gasteiger partial charge in [0.05, 0.1) is 6.54 Å². The number of hydrogen-bond donors (Lipinski definition) is 3. The molecule has 0 spiro atoms. The van der Waals surface area contributed by atoms with Gasteiger partial charge in [-0.2, -0.15) is 0 Å². The van der Waals surface area contributed by atoms with E-state index in [1.165, 1.54) is 11.0 Å². The number of amides is 1. The lowest BCUT2D eigenvalue weighted by molar-refractivity contribution is -0.120. The number of nitrogens with one attached hydrogen (secondary N) is 2. The molecule has 1 fully saturated rings. The number of aromatic amines is 1. The Morgan fingerprint density at radius 1 is 1.22 bits per heavy atom. The maximum Gasteiger partial charge on any atom is 0.330 e. The van der Waals surface area contributed by atoms with Gasteiger partial charge in [0.1, 0.15) is 11.5 Å². The van der Waals surface area contributed by atoms with Gasteiger partial charge in [-0.05, 0) is 25.7 Å². The van der Waals surface area contributed by atoms with Gasteiger partial charge in [-0.25, -0.2) is 4.79 Å². The topological polar surface area (TPSA) is 113 Å². The molecule has 8 heteroatoms. The van der Waals surface area contributed by atoms with Gasteiger partial charge in [-0.3, -0.25) is 19.1 Å². The predicted molar refractivity (Wildman–Crippen MR) is 108 cm³/mol. The molecule has 1 aliphatic rings. The number of rotatable bonds is 9. The van der Waals surface area contributed by atoms with E-state index in [2.05, 4.69) is 10.3 Å². The van der Waals surface area contributed by atoms with Gasteiger partial charge in [-0.1, -0.05) is 39.5 Å². The Morgan fingerprint density at radius 2 is 1.93 bits per heavy atom. The molecule has 1 aromatic heterocycles. The molecule has 1 saturated carbocycles. The third-order valence-corrected chi connectivity index (χ3v) is 5.06. The number of unbranched alkanes of at least 4 members (excludes halogenated alkanes) is 1. The molecule has 0 aliphatic heterocycles. The smallest absolute Gasteiger partial charge is 0.330 e. The quantitative estimate of drug-likeness (QED) is 0.603. The number of carbonyl (C=O) groups is 1. The first-order valence-corrected chi connectivity index (χ1v) is 10.1. The van der Waals surface area contributed by atoms with Crippen LogP contribution in [0.15, 0.2) is 9.59 Å². The van der Waals surface area contributed by atoms with Crippen molar-refractivity contribution in [3.63, 3.8) is 0 Å². The number of H-pyrrole nitrogens is 1. The van der Waals surface area contributed by atoms with E-state index >= 15 is 0 Å². The molecule has 0 bridgehead atoms. The summed E-state index contributed by atoms with van der Waals surface area (Å²) in [6.07, 6.45) is 7.95. The van der Waals surface area contributed by atoms with Crippen molar-refractivity contribution in [2.75, 3.05) is 23.7 Å². The second-order valence-electron chi connectivity index (χ2n) is 7.32. The van der Waals surface area contributed by atoms with E-state index < -0.39 is 11.2 Å². The van der Waals surface area contributed by atoms with Crippen LogP contribution in [-0.4, -0.2) is 34.6 Å². The van der Waals surface area contributed by atoms with E-state index in [0.29, 0.717) is 13.1 Å². The first kappa shape index (κ1) is 21.1. The molecule has 27 heavy (non-hydrogen) atoms. The Hall–Kier alpha value is -2.25. The van der Waals surface area contributed by atoms with Gasteiger partial charge in [0.15, 0.2) is 0 Å². The summed E-state index contributed by atoms with van der Waals surface area (Å²) in [5, 5.41) is 3.07. The molecule has 8 nitrogen and oxygen atoms in total. The van der Waals surface area contributed by atoms with Gasteiger partial charge in [0, 0.05) is 19.1 Å². The SMILES string of the molecule is CCCCn1c(N)c(N(CCC)CC(=O)NC2CCCCC2)c(=O)[nH]c1=O. The summed E-state index contributed by atoms with van der Waals surface area (Å²) in [4.78, 5) is 41.1. The second-order valence-corrected chi connectivity index (χ2v) is 7.32. The highest BCUT2D eigenvalue weighted by atomic mass is 16.2. The monoisotopic (exact) mass is 379 g/mol. The van der Waals surface area contributed by atoms with Crippen molar-refractivity contribution in [1.29, 1.82) is 0 Å². The fourth-order valence-corrected chi connectivity index (χ4v) is 3.65. The van der Waals surface area contributed by atoms with Crippen LogP contribution in [0.2, 0.25) is 0 Å². The van der Waals surface area contributed by atoms with Crippen LogP contribution in [0.25, 0.3) is 0 Å². The fraction of sp³-hybridized carbons (Fsp3) is 0.737. The van der Waals surface area contributed by atoms with Crippen LogP contribution in [0.5, 0.6) is 0 Å². The minimum absolute atomic E-state index is 0.0591. The zero-order valence-electron chi connectivity index (χ0n) is 16.6. The summed E-state index contributed by atoms with van der Waals surface area (Å²) in [7, 11) is 0. The molecule has 2 rings (SSSR count). The minimum atomic E-state index is -0.538. The van der Waals surface area contributed by atoms with E-state index in [0.717, 1.165) is 44.9 Å². The Balaban J connectivity index is 2.22. The van der Waals surface area contributed by atoms with Crippen LogP contribution in [0.4, 0.5) is 11.5 Å². The number of nitrogens with zero attached hydrogens (tertiary/aromatic N) is 2. The molecule has 0 radical (unpaired) electrons. The van der Waals surface area contributed by atoms with E-state index in [-0.39, 0.29) is 30.0 Å². The third-order valence-electron chi connectivity index (χ3n) is 5.06. The standard InChI is InChI=1S/C19H33N5O3/c1-3-5-12-24-17(20)16(18(26)22-19(24)27)23(11-4-2)13-15(25)21-14-9-7-6-8-10-14/h14H,3-13,20H2,1-2H3,(H,21,25)(H,22,26,27). The van der Waals surface area contributed by atoms with Gasteiger partial charge in [0.25, 0.3) is 5.56 Å². The average Bonchev–Trinajstić information content (AvgIpc) is 2.62. The van der Waals surface area contributed by atoms with Crippen molar-refractivity contribution in [2.24, 2.45) is 0 Å². The van der Waals surface area contributed by atoms with Crippen LogP contribution >= 0.6 is 0 Å². The molecule has 0 unspecified atom stereocenters. The van der Waals surface area contributed by atoms with Crippen molar-refractivity contribution >= 4 is 17.4 Å². The number of nitrogens with two attached hydrogens (primary N) is 1. The van der Waals surface area contributed by atoms with E-state index in [1.54, 1.807) is 4.90 Å². The second kappa shape index (κ2) is 10.2. The highest BCUT2D eigenvalue weighted by molar-refractivity contribution is 5.82. The molecular weight excluding hydrogens is 346 g/mol. The van der Waals surface area contributed by atoms with Crippen LogP contribution in [0.3, 0.4) is 0 Å². The van der Waals surface area contributed by atoms with Crippen LogP contribution in [0, 0.1) is 0 Å². The highest BCUT2D eigenvalue weighted by Crippen LogP contribution is 2.19. The first-order valence-electron chi connectivity index (χ1n) is 10.1. The molecule has 1 heterocycles. The summed E-state index contributed by atoms with van der Waals surface area (Å²) in [5.74, 6) is 0.0246. The molecular formula is C19H33N5O3. The Bertz CT molecular complexity index is 734. The van der Waals surface area contributed by atoms with Crippen LogP contribution in [-0.2, 0) is 11.3 Å². The first-order chi connectivity index (χ1) is 13.0. The van der Waals surface area contributed by atoms with Crippen molar-refractivity contribution < 1.29 is 4.79 Å². The van der Waals surface area contributed by atoms with Gasteiger partial charge in [-0.15, -0.1) is 0 Å². The maximum absolute atomic E-state index is 12.5. The van der Waals surface area contributed by atoms with E-state index in [1.807, 2.05) is 13.8 Å². The Morgan fingerprint density at radius 3 is 2.56 bits per heavy atom. The van der Waals surface area contributed by atoms with Crippen molar-refractivity contribution in [1.82, 2.24) is 14.9 Å². The fourth-order valence-electron chi connectivity index (χ4n) is 3.65. The lowest BCUT2D eigenvalue weighted by Gasteiger charge is -2.27. The predicted octanol–water partition coefficient (Wildman–Crippen LogP) is 1.58. The molecule has 0 saturated heterocycles. The number of carbonyl (C=O) groups excluding carboxylic acids is 1. The minimum Gasteiger partial charge on any atom is -0.383 e. The van der Waals surface area contributed by atoms with Gasteiger partial charge >= 0.3 is 5.69 Å². The lowest BCUT2D eigenvalue weighted by atomic mass is 9.95. The summed E-state index contributed by atoms with van der Waals surface area (Å²) >= 11 is 0. The number of aromatic nitrogens is 2. The highest BCUT2D eigenvalue weighted by Gasteiger charge is 2.22. The molecule has 4 N–H and O–H groups in total. The molecule has 1 amide bonds. The lowest BCUT2D eigenvalue weighted by Crippen LogP contribution is -2.46. The zero-order valence-corrected chi connectivity index (χ0v) is 16.6. The third kappa shape index (κ3) is 5.61. The van der Waals surface area contributed by atoms with Crippen molar-refractivity contribution in [2.45, 2.75) is 77.8 Å². The Labute approximate surface area is 160 Å². The number of anilines is 2. The van der Waals surface area contributed by atoms with Gasteiger partial charge < -0.3 is 16.0 Å². The number of hydrogen-bond acceptors (Lipinski definition) is 5. The Kier molecular flexibility index (Phi) is 7.94. The zero-order chi connectivity index (χ0) is 19.8. The molecule has 0 atom stereocenters. The van der Waals surface area contributed by atoms with Crippen molar-refractivity contribution in [3.8, 4) is 0 Å². The largest absolute Gasteiger partial charge is 0.383 e. The average molecular weight is 380 g/mol. The maximum atomic E-state index is 12.5. The molecule has 152 valence electrons. The van der Waals surface area contributed by atoms with E-state index in [9.17, 15) is 14.4 Å². The molecule has 0 aromatic carbocycles. The van der Waals surface area contributed by atoms with Gasteiger partial charge in [0.2, 0.25) is 5.91 Å². The summed E-state index contributed by atoms with van der Waals surface area (Å²) < 4.78 is 1.39. The van der Waals surface area contributed by atoms with E-state index in [4.69, 9.17) is 5.73 Å². The normalized spacial score (nSPS) is 14.9. The van der Waals surface area contributed by atoms with Crippen molar-refractivity contribution in [3.05, 3.63) is 20.8 Å².